The average molecular weight is 423 g/mol. The number of nitrogens with one attached hydrogen (secondary N) is 1. The lowest BCUT2D eigenvalue weighted by atomic mass is 10.0. The lowest BCUT2D eigenvalue weighted by Crippen LogP contribution is -2.21. The zero-order valence-corrected chi connectivity index (χ0v) is 14.6. The summed E-state index contributed by atoms with van der Waals surface area (Å²) in [6, 6.07) is 11.6. The normalized spacial score (nSPS) is 13.9. The third-order valence-electron chi connectivity index (χ3n) is 3.58. The van der Waals surface area contributed by atoms with E-state index >= 15 is 0 Å². The van der Waals surface area contributed by atoms with Crippen molar-refractivity contribution in [2.45, 2.75) is 19.1 Å². The van der Waals surface area contributed by atoms with Crippen molar-refractivity contribution in [3.05, 3.63) is 48.0 Å². The van der Waals surface area contributed by atoms with Gasteiger partial charge in [0.2, 0.25) is 0 Å². The third-order valence-corrected chi connectivity index (χ3v) is 3.58. The van der Waals surface area contributed by atoms with Crippen molar-refractivity contribution in [2.24, 2.45) is 0 Å². The SMILES string of the molecule is FC(F)(F)Oc1ccc(-c2cccc3c2OCCNC3)cc1.O=C(O)C(F)(F)F. The Morgan fingerprint density at radius 2 is 1.66 bits per heavy atom. The van der Waals surface area contributed by atoms with Crippen molar-refractivity contribution >= 4 is 5.97 Å². The van der Waals surface area contributed by atoms with E-state index in [4.69, 9.17) is 14.6 Å². The average Bonchev–Trinajstić information content (AvgIpc) is 2.86. The second kappa shape index (κ2) is 9.03. The number of rotatable bonds is 2. The van der Waals surface area contributed by atoms with Gasteiger partial charge in [-0.15, -0.1) is 13.2 Å². The lowest BCUT2D eigenvalue weighted by molar-refractivity contribution is -0.274. The van der Waals surface area contributed by atoms with Crippen LogP contribution in [0.5, 0.6) is 11.5 Å². The molecule has 1 aliphatic heterocycles. The number of halogens is 6. The van der Waals surface area contributed by atoms with Gasteiger partial charge in [0.1, 0.15) is 18.1 Å². The van der Waals surface area contributed by atoms with Crippen molar-refractivity contribution in [3.63, 3.8) is 0 Å². The number of hydrogen-bond acceptors (Lipinski definition) is 4. The zero-order valence-electron chi connectivity index (χ0n) is 14.6. The molecule has 0 unspecified atom stereocenters. The molecule has 3 rings (SSSR count). The summed E-state index contributed by atoms with van der Waals surface area (Å²) in [5, 5.41) is 10.4. The smallest absolute Gasteiger partial charge is 0.491 e. The van der Waals surface area contributed by atoms with Crippen LogP contribution in [0.4, 0.5) is 26.3 Å². The second-order valence-corrected chi connectivity index (χ2v) is 5.69. The number of aliphatic carboxylic acids is 1. The van der Waals surface area contributed by atoms with Gasteiger partial charge in [-0.1, -0.05) is 30.3 Å². The number of carboxylic acids is 1. The summed E-state index contributed by atoms with van der Waals surface area (Å²) in [4.78, 5) is 8.90. The Balaban J connectivity index is 0.000000370. The molecule has 2 aromatic carbocycles. The van der Waals surface area contributed by atoms with Gasteiger partial charge >= 0.3 is 18.5 Å². The Hall–Kier alpha value is -2.95. The Morgan fingerprint density at radius 3 is 2.21 bits per heavy atom. The van der Waals surface area contributed by atoms with E-state index in [9.17, 15) is 26.3 Å². The van der Waals surface area contributed by atoms with Crippen molar-refractivity contribution in [1.29, 1.82) is 0 Å². The number of alkyl halides is 6. The van der Waals surface area contributed by atoms with Crippen molar-refractivity contribution < 1.29 is 45.7 Å². The van der Waals surface area contributed by atoms with Crippen molar-refractivity contribution in [1.82, 2.24) is 5.32 Å². The number of benzene rings is 2. The zero-order chi connectivity index (χ0) is 21.7. The molecule has 1 heterocycles. The van der Waals surface area contributed by atoms with Crippen LogP contribution in [-0.2, 0) is 11.3 Å². The minimum Gasteiger partial charge on any atom is -0.491 e. The molecule has 0 fully saturated rings. The third kappa shape index (κ3) is 6.86. The standard InChI is InChI=1S/C16H14F3NO2.C2HF3O2/c17-16(18,19)22-13-6-4-11(5-7-13)14-3-1-2-12-10-20-8-9-21-15(12)14;3-2(4,5)1(6)7/h1-7,20H,8-10H2;(H,6,7). The van der Waals surface area contributed by atoms with E-state index in [2.05, 4.69) is 10.1 Å². The molecular weight excluding hydrogens is 408 g/mol. The minimum atomic E-state index is -5.08. The highest BCUT2D eigenvalue weighted by molar-refractivity contribution is 5.73. The van der Waals surface area contributed by atoms with E-state index in [1.807, 2.05) is 18.2 Å². The number of carboxylic acid groups (broad SMARTS) is 1. The lowest BCUT2D eigenvalue weighted by Gasteiger charge is -2.14. The van der Waals surface area contributed by atoms with Gasteiger partial charge in [-0.25, -0.2) is 4.79 Å². The quantitative estimate of drug-likeness (QED) is 0.703. The summed E-state index contributed by atoms with van der Waals surface area (Å²) in [5.41, 5.74) is 2.68. The van der Waals surface area contributed by atoms with Crippen LogP contribution in [0.3, 0.4) is 0 Å². The largest absolute Gasteiger partial charge is 0.573 e. The molecule has 29 heavy (non-hydrogen) atoms. The van der Waals surface area contributed by atoms with Crippen LogP contribution in [0.2, 0.25) is 0 Å². The highest BCUT2D eigenvalue weighted by Gasteiger charge is 2.38. The van der Waals surface area contributed by atoms with Gasteiger partial charge in [0.15, 0.2) is 0 Å². The van der Waals surface area contributed by atoms with Gasteiger partial charge in [0.25, 0.3) is 0 Å². The van der Waals surface area contributed by atoms with E-state index in [0.717, 1.165) is 29.0 Å². The molecular formula is C18H15F6NO4. The van der Waals surface area contributed by atoms with Gasteiger partial charge in [0.05, 0.1) is 0 Å². The second-order valence-electron chi connectivity index (χ2n) is 5.69. The molecule has 1 aliphatic rings. The van der Waals surface area contributed by atoms with Crippen LogP contribution in [0, 0.1) is 0 Å². The highest BCUT2D eigenvalue weighted by Crippen LogP contribution is 2.35. The first kappa shape index (κ1) is 22.3. The number of carbonyl (C=O) groups is 1. The van der Waals surface area contributed by atoms with E-state index in [0.29, 0.717) is 13.2 Å². The van der Waals surface area contributed by atoms with Crippen LogP contribution in [0.1, 0.15) is 5.56 Å². The first-order chi connectivity index (χ1) is 13.5. The fraction of sp³-hybridized carbons (Fsp3) is 0.278. The molecule has 0 aromatic heterocycles. The summed E-state index contributed by atoms with van der Waals surface area (Å²) < 4.78 is 77.9. The van der Waals surface area contributed by atoms with Gasteiger partial charge in [-0.2, -0.15) is 13.2 Å². The first-order valence-corrected chi connectivity index (χ1v) is 8.09. The maximum absolute atomic E-state index is 12.2. The van der Waals surface area contributed by atoms with Gasteiger partial charge < -0.3 is 19.9 Å². The Bertz CT molecular complexity index is 834. The topological polar surface area (TPSA) is 67.8 Å². The van der Waals surface area contributed by atoms with Crippen LogP contribution in [0.15, 0.2) is 42.5 Å². The fourth-order valence-electron chi connectivity index (χ4n) is 2.41. The van der Waals surface area contributed by atoms with Crippen LogP contribution in [0.25, 0.3) is 11.1 Å². The Labute approximate surface area is 160 Å². The molecule has 0 atom stereocenters. The summed E-state index contributed by atoms with van der Waals surface area (Å²) in [5.74, 6) is -2.22. The maximum Gasteiger partial charge on any atom is 0.573 e. The molecule has 2 aromatic rings. The predicted octanol–water partition coefficient (Wildman–Crippen LogP) is 4.37. The molecule has 158 valence electrons. The molecule has 0 aliphatic carbocycles. The number of hydrogen-bond donors (Lipinski definition) is 2. The Morgan fingerprint density at radius 1 is 1.03 bits per heavy atom. The summed E-state index contributed by atoms with van der Waals surface area (Å²) >= 11 is 0. The monoisotopic (exact) mass is 423 g/mol. The summed E-state index contributed by atoms with van der Waals surface area (Å²) in [6.45, 7) is 2.02. The molecule has 5 nitrogen and oxygen atoms in total. The molecule has 2 N–H and O–H groups in total. The molecule has 0 saturated carbocycles. The number of fused-ring (bicyclic) bond motifs is 1. The Kier molecular flexibility index (Phi) is 6.96. The van der Waals surface area contributed by atoms with Crippen LogP contribution >= 0.6 is 0 Å². The van der Waals surface area contributed by atoms with Crippen LogP contribution in [-0.4, -0.2) is 36.8 Å². The minimum absolute atomic E-state index is 0.235. The van der Waals surface area contributed by atoms with E-state index in [1.54, 1.807) is 12.1 Å². The van der Waals surface area contributed by atoms with Gasteiger partial charge in [-0.3, -0.25) is 0 Å². The highest BCUT2D eigenvalue weighted by atomic mass is 19.4. The predicted molar refractivity (Wildman–Crippen MR) is 89.5 cm³/mol. The van der Waals surface area contributed by atoms with E-state index < -0.39 is 18.5 Å². The molecule has 0 spiro atoms. The van der Waals surface area contributed by atoms with Crippen LogP contribution < -0.4 is 14.8 Å². The molecule has 0 amide bonds. The number of ether oxygens (including phenoxy) is 2. The molecule has 11 heteroatoms. The fourth-order valence-corrected chi connectivity index (χ4v) is 2.41. The molecule has 0 bridgehead atoms. The summed E-state index contributed by atoms with van der Waals surface area (Å²) in [7, 11) is 0. The van der Waals surface area contributed by atoms with Gasteiger partial charge in [0, 0.05) is 24.2 Å². The first-order valence-electron chi connectivity index (χ1n) is 8.09. The molecule has 0 saturated heterocycles. The van der Waals surface area contributed by atoms with Crippen molar-refractivity contribution in [3.8, 4) is 22.6 Å². The van der Waals surface area contributed by atoms with Gasteiger partial charge in [-0.05, 0) is 17.7 Å². The maximum atomic E-state index is 12.2. The molecule has 0 radical (unpaired) electrons. The van der Waals surface area contributed by atoms with Crippen molar-refractivity contribution in [2.75, 3.05) is 13.2 Å². The van der Waals surface area contributed by atoms with E-state index in [-0.39, 0.29) is 5.75 Å². The summed E-state index contributed by atoms with van der Waals surface area (Å²) in [6.07, 6.45) is -9.76. The van der Waals surface area contributed by atoms with E-state index in [1.165, 1.54) is 12.1 Å². The number of para-hydroxylation sites is 1.